The third-order valence-corrected chi connectivity index (χ3v) is 7.74. The first-order valence-electron chi connectivity index (χ1n) is 17.7. The summed E-state index contributed by atoms with van der Waals surface area (Å²) in [7, 11) is 0. The maximum atomic E-state index is 11.8. The lowest BCUT2D eigenvalue weighted by Gasteiger charge is -2.06. The van der Waals surface area contributed by atoms with E-state index in [9.17, 15) is 9.59 Å². The van der Waals surface area contributed by atoms with E-state index >= 15 is 0 Å². The van der Waals surface area contributed by atoms with E-state index < -0.39 is 0 Å². The van der Waals surface area contributed by atoms with E-state index in [4.69, 9.17) is 9.47 Å². The highest BCUT2D eigenvalue weighted by Crippen LogP contribution is 2.11. The third-order valence-electron chi connectivity index (χ3n) is 7.74. The largest absolute Gasteiger partial charge is 0.466 e. The second kappa shape index (κ2) is 34.1. The average molecular weight is 568 g/mol. The van der Waals surface area contributed by atoms with Gasteiger partial charge < -0.3 is 14.8 Å². The maximum absolute atomic E-state index is 11.8. The van der Waals surface area contributed by atoms with Crippen LogP contribution in [0.2, 0.25) is 0 Å². The number of unbranched alkanes of at least 4 members (excludes halogenated alkanes) is 21. The molecule has 0 aliphatic heterocycles. The Bertz CT molecular complexity index is 526. The van der Waals surface area contributed by atoms with Gasteiger partial charge >= 0.3 is 11.9 Å². The second-order valence-corrected chi connectivity index (χ2v) is 11.8. The minimum atomic E-state index is -0.0123. The number of hydrogen-bond acceptors (Lipinski definition) is 5. The molecule has 0 radical (unpaired) electrons. The molecule has 0 spiro atoms. The molecule has 0 aromatic heterocycles. The normalized spacial score (nSPS) is 11.2. The molecule has 0 aliphatic rings. The van der Waals surface area contributed by atoms with Gasteiger partial charge in [0.1, 0.15) is 0 Å². The Labute approximate surface area is 249 Å². The molecule has 0 amide bonds. The summed E-state index contributed by atoms with van der Waals surface area (Å²) >= 11 is 0. The summed E-state index contributed by atoms with van der Waals surface area (Å²) in [5, 5.41) is 3.55. The van der Waals surface area contributed by atoms with Crippen LogP contribution in [0.25, 0.3) is 0 Å². The number of carbonyl (C=O) groups is 2. The van der Waals surface area contributed by atoms with Crippen molar-refractivity contribution >= 4 is 11.9 Å². The van der Waals surface area contributed by atoms with Crippen LogP contribution in [0.5, 0.6) is 0 Å². The van der Waals surface area contributed by atoms with E-state index in [1.54, 1.807) is 0 Å². The predicted molar refractivity (Wildman–Crippen MR) is 171 cm³/mol. The summed E-state index contributed by atoms with van der Waals surface area (Å²) in [6, 6.07) is 0. The fraction of sp³-hybridized carbons (Fsp3) is 0.943. The van der Waals surface area contributed by atoms with Crippen molar-refractivity contribution in [1.82, 2.24) is 5.32 Å². The Morgan fingerprint density at radius 1 is 0.400 bits per heavy atom. The van der Waals surface area contributed by atoms with Crippen LogP contribution in [0.15, 0.2) is 0 Å². The molecule has 0 aromatic rings. The molecular weight excluding hydrogens is 498 g/mol. The minimum absolute atomic E-state index is 0.0108. The lowest BCUT2D eigenvalue weighted by atomic mass is 10.1. The molecule has 238 valence electrons. The Balaban J connectivity index is 3.20. The van der Waals surface area contributed by atoms with Crippen LogP contribution >= 0.6 is 0 Å². The molecule has 0 saturated heterocycles. The Morgan fingerprint density at radius 3 is 1.07 bits per heavy atom. The van der Waals surface area contributed by atoms with Gasteiger partial charge in [-0.1, -0.05) is 136 Å². The maximum Gasteiger partial charge on any atom is 0.305 e. The highest BCUT2D eigenvalue weighted by molar-refractivity contribution is 5.69. The van der Waals surface area contributed by atoms with Gasteiger partial charge in [0.15, 0.2) is 0 Å². The van der Waals surface area contributed by atoms with E-state index in [1.807, 2.05) is 0 Å². The molecule has 1 N–H and O–H groups in total. The lowest BCUT2D eigenvalue weighted by molar-refractivity contribution is -0.144. The van der Waals surface area contributed by atoms with E-state index in [2.05, 4.69) is 19.2 Å². The zero-order chi connectivity index (χ0) is 29.2. The van der Waals surface area contributed by atoms with Crippen molar-refractivity contribution in [1.29, 1.82) is 0 Å². The molecule has 0 fully saturated rings. The second-order valence-electron chi connectivity index (χ2n) is 11.8. The highest BCUT2D eigenvalue weighted by Gasteiger charge is 2.04. The fourth-order valence-corrected chi connectivity index (χ4v) is 5.04. The van der Waals surface area contributed by atoms with Gasteiger partial charge in [-0.3, -0.25) is 9.59 Å². The molecule has 0 aliphatic carbocycles. The summed E-state index contributed by atoms with van der Waals surface area (Å²) in [6.45, 7) is 7.88. The molecular formula is C35H69NO4. The molecule has 0 saturated carbocycles. The quantitative estimate of drug-likeness (QED) is 0.0631. The number of nitrogens with one attached hydrogen (secondary N) is 1. The van der Waals surface area contributed by atoms with Gasteiger partial charge in [-0.2, -0.15) is 0 Å². The van der Waals surface area contributed by atoms with Crippen LogP contribution in [0.4, 0.5) is 0 Å². The summed E-state index contributed by atoms with van der Waals surface area (Å²) in [5.74, 6) is -0.0231. The number of hydrogen-bond donors (Lipinski definition) is 1. The highest BCUT2D eigenvalue weighted by atomic mass is 16.5. The van der Waals surface area contributed by atoms with Gasteiger partial charge in [0.05, 0.1) is 13.2 Å². The number of ether oxygens (including phenoxy) is 2. The fourth-order valence-electron chi connectivity index (χ4n) is 5.04. The standard InChI is InChI=1S/C35H69NO4/c1-3-5-7-9-11-13-21-27-33-40-35(38)29-23-17-15-19-25-31-36-30-24-18-14-16-22-28-34(37)39-32-26-20-12-10-8-6-4-2/h36H,3-33H2,1-2H3. The summed E-state index contributed by atoms with van der Waals surface area (Å²) in [6.07, 6.45) is 31.5. The first-order valence-corrected chi connectivity index (χ1v) is 17.7. The number of carbonyl (C=O) groups excluding carboxylic acids is 2. The summed E-state index contributed by atoms with van der Waals surface area (Å²) in [5.41, 5.74) is 0. The van der Waals surface area contributed by atoms with Gasteiger partial charge in [-0.05, 0) is 51.6 Å². The molecule has 0 heterocycles. The SMILES string of the molecule is CCCCCCCCCCOC(=O)CCCCCCCNCCCCCCCC(=O)OCCCCCCCCC. The molecule has 5 heteroatoms. The molecule has 5 nitrogen and oxygen atoms in total. The van der Waals surface area contributed by atoms with Crippen molar-refractivity contribution in [2.45, 2.75) is 187 Å². The van der Waals surface area contributed by atoms with Crippen molar-refractivity contribution < 1.29 is 19.1 Å². The van der Waals surface area contributed by atoms with Crippen molar-refractivity contribution in [2.24, 2.45) is 0 Å². The van der Waals surface area contributed by atoms with Gasteiger partial charge in [0.2, 0.25) is 0 Å². The Hall–Kier alpha value is -1.10. The first-order chi connectivity index (χ1) is 19.7. The smallest absolute Gasteiger partial charge is 0.305 e. The van der Waals surface area contributed by atoms with E-state index in [0.29, 0.717) is 26.1 Å². The Morgan fingerprint density at radius 2 is 0.700 bits per heavy atom. The molecule has 0 atom stereocenters. The van der Waals surface area contributed by atoms with Gasteiger partial charge in [0, 0.05) is 12.8 Å². The van der Waals surface area contributed by atoms with E-state index in [-0.39, 0.29) is 11.9 Å². The van der Waals surface area contributed by atoms with Crippen molar-refractivity contribution in [2.75, 3.05) is 26.3 Å². The van der Waals surface area contributed by atoms with Crippen LogP contribution < -0.4 is 5.32 Å². The lowest BCUT2D eigenvalue weighted by Crippen LogP contribution is -2.16. The average Bonchev–Trinajstić information content (AvgIpc) is 2.95. The van der Waals surface area contributed by atoms with Crippen molar-refractivity contribution in [3.05, 3.63) is 0 Å². The Kier molecular flexibility index (Phi) is 33.2. The molecule has 0 bridgehead atoms. The van der Waals surface area contributed by atoms with Crippen molar-refractivity contribution in [3.63, 3.8) is 0 Å². The summed E-state index contributed by atoms with van der Waals surface area (Å²) in [4.78, 5) is 23.6. The topological polar surface area (TPSA) is 64.6 Å². The van der Waals surface area contributed by atoms with Crippen LogP contribution in [0, 0.1) is 0 Å². The van der Waals surface area contributed by atoms with E-state index in [0.717, 1.165) is 51.6 Å². The predicted octanol–water partition coefficient (Wildman–Crippen LogP) is 10.2. The zero-order valence-corrected chi connectivity index (χ0v) is 27.1. The first kappa shape index (κ1) is 38.9. The van der Waals surface area contributed by atoms with Crippen LogP contribution in [0.1, 0.15) is 187 Å². The third kappa shape index (κ3) is 33.1. The van der Waals surface area contributed by atoms with Crippen LogP contribution in [0.3, 0.4) is 0 Å². The minimum Gasteiger partial charge on any atom is -0.466 e. The monoisotopic (exact) mass is 568 g/mol. The molecule has 0 rings (SSSR count). The van der Waals surface area contributed by atoms with Crippen LogP contribution in [-0.4, -0.2) is 38.2 Å². The van der Waals surface area contributed by atoms with Crippen LogP contribution in [-0.2, 0) is 19.1 Å². The number of esters is 2. The zero-order valence-electron chi connectivity index (χ0n) is 27.1. The molecule has 0 aromatic carbocycles. The molecule has 0 unspecified atom stereocenters. The molecule has 40 heavy (non-hydrogen) atoms. The van der Waals surface area contributed by atoms with Gasteiger partial charge in [-0.25, -0.2) is 0 Å². The van der Waals surface area contributed by atoms with Crippen molar-refractivity contribution in [3.8, 4) is 0 Å². The van der Waals surface area contributed by atoms with Gasteiger partial charge in [0.25, 0.3) is 0 Å². The van der Waals surface area contributed by atoms with Gasteiger partial charge in [-0.15, -0.1) is 0 Å². The number of rotatable bonds is 33. The summed E-state index contributed by atoms with van der Waals surface area (Å²) < 4.78 is 10.7. The van der Waals surface area contributed by atoms with E-state index in [1.165, 1.54) is 122 Å².